The second-order valence-corrected chi connectivity index (χ2v) is 38.8. The molecule has 0 unspecified atom stereocenters. The first-order chi connectivity index (χ1) is 57.2. The summed E-state index contributed by atoms with van der Waals surface area (Å²) in [6.45, 7) is 40.7. The number of H-pyrrole nitrogens is 4. The largest absolute Gasteiger partial charge is 0.354 e. The number of hydrogen-bond acceptors (Lipinski definition) is 6. The minimum atomic E-state index is -0.0424. The molecule has 4 aliphatic heterocycles. The number of aromatic nitrogens is 10. The van der Waals surface area contributed by atoms with E-state index in [1.807, 2.05) is 12.4 Å². The summed E-state index contributed by atoms with van der Waals surface area (Å²) in [5, 5.41) is 0. The van der Waals surface area contributed by atoms with Crippen molar-refractivity contribution in [2.24, 2.45) is 0 Å². The van der Waals surface area contributed by atoms with Crippen molar-refractivity contribution in [2.45, 2.75) is 157 Å². The molecule has 0 saturated heterocycles. The van der Waals surface area contributed by atoms with Crippen LogP contribution in [0.2, 0.25) is 0 Å². The van der Waals surface area contributed by atoms with Crippen LogP contribution in [0.3, 0.4) is 0 Å². The highest BCUT2D eigenvalue weighted by Gasteiger charge is 2.27. The van der Waals surface area contributed by atoms with Crippen molar-refractivity contribution >= 4 is 92.7 Å². The smallest absolute Gasteiger partial charge is 0.0886 e. The zero-order chi connectivity index (χ0) is 83.7. The summed E-state index contributed by atoms with van der Waals surface area (Å²) >= 11 is 0. The zero-order valence-corrected chi connectivity index (χ0v) is 72.2. The third kappa shape index (κ3) is 15.0. The van der Waals surface area contributed by atoms with E-state index in [0.29, 0.717) is 0 Å². The maximum absolute atomic E-state index is 5.71. The van der Waals surface area contributed by atoms with Gasteiger partial charge in [0.25, 0.3) is 0 Å². The van der Waals surface area contributed by atoms with Crippen molar-refractivity contribution in [2.75, 3.05) is 0 Å². The number of nitrogens with zero attached hydrogens (tertiary/aromatic N) is 6. The molecule has 0 radical (unpaired) electrons. The molecular formula is C110H104N10. The van der Waals surface area contributed by atoms with Gasteiger partial charge in [0.1, 0.15) is 0 Å². The molecule has 120 heavy (non-hydrogen) atoms. The van der Waals surface area contributed by atoms with Crippen molar-refractivity contribution in [3.8, 4) is 100 Å². The molecule has 10 heteroatoms. The van der Waals surface area contributed by atoms with E-state index in [9.17, 15) is 0 Å². The van der Waals surface area contributed by atoms with Gasteiger partial charge in [-0.1, -0.05) is 282 Å². The first-order valence-electron chi connectivity index (χ1n) is 42.1. The van der Waals surface area contributed by atoms with Crippen molar-refractivity contribution < 1.29 is 0 Å². The SMILES string of the molecule is CC(C)(C)c1ccc(-c2c3nc(c(-c4ccc(C(C)(C)C)cc4)c4ccc([nH]4)c(-c4ccc(-c5ccc(-c6c7nc(c(-c8ccc(C(C)(C)C)cc8)c8ccc([nH]8)c(-c8ccc(C(C)(C)C)cc8)c8nc(c(-c9ccc(C(C)(C)C)cc9)c9ccc6[nH]9)C=C8)C=C7)cn5)nc4)c4nc(c(-c5ccc(C(C)(C)C)cc5)c5ccc2[nH]5)C=C4)C=C3)cc1. The highest BCUT2D eigenvalue weighted by atomic mass is 14.8. The summed E-state index contributed by atoms with van der Waals surface area (Å²) in [6.07, 6.45) is 21.3. The molecule has 4 N–H and O–H groups in total. The molecule has 12 heterocycles. The van der Waals surface area contributed by atoms with Crippen LogP contribution in [0.15, 0.2) is 231 Å². The van der Waals surface area contributed by atoms with E-state index in [1.54, 1.807) is 0 Å². The standard InChI is InChI=1S/C110H104N10/c1-105(2,3)73-33-19-65(20-34-73)97-81-47-51-85(113-81)99(67-23-37-75(38-24-67)107(7,8)9)89-55-59-93(117-89)103(94-60-56-90(118-94)100(86-52-48-82(97)114-86)68-25-39-76(40-26-68)108(10,11)12)71-31-45-79(111-63-71)80-46-32-72(64-112-80)104-95-61-57-91(119-95)101(69-27-41-77(42-28-69)109(13,14)15)87-53-49-83(115-87)98(66-21-35-74(36-22-66)106(4,5)6)84-50-54-88(116-84)102(92-58-62-96(104)120-92)70-29-43-78(44-30-70)110(16,17)18/h19-64,113,115,118,120H,1-18H3. The Hall–Kier alpha value is -13.2. The Morgan fingerprint density at radius 2 is 0.308 bits per heavy atom. The van der Waals surface area contributed by atoms with Crippen LogP contribution in [-0.2, 0) is 32.5 Å². The number of benzene rings is 6. The molecule has 18 rings (SSSR count). The molecule has 4 aliphatic rings. The van der Waals surface area contributed by atoms with E-state index >= 15 is 0 Å². The number of rotatable bonds is 9. The third-order valence-corrected chi connectivity index (χ3v) is 24.1. The van der Waals surface area contributed by atoms with Gasteiger partial charge in [0, 0.05) is 112 Å². The lowest BCUT2D eigenvalue weighted by Gasteiger charge is -2.19. The Morgan fingerprint density at radius 1 is 0.167 bits per heavy atom. The first-order valence-corrected chi connectivity index (χ1v) is 42.1. The molecule has 594 valence electrons. The van der Waals surface area contributed by atoms with Gasteiger partial charge in [-0.25, -0.2) is 19.9 Å². The maximum atomic E-state index is 5.71. The summed E-state index contributed by atoms with van der Waals surface area (Å²) in [5.41, 5.74) is 38.7. The molecule has 16 bridgehead atoms. The van der Waals surface area contributed by atoms with Crippen molar-refractivity contribution in [1.29, 1.82) is 0 Å². The van der Waals surface area contributed by atoms with Crippen LogP contribution >= 0.6 is 0 Å². The minimum absolute atomic E-state index is 0.0220. The van der Waals surface area contributed by atoms with Crippen molar-refractivity contribution in [3.05, 3.63) is 310 Å². The lowest BCUT2D eigenvalue weighted by atomic mass is 9.86. The fourth-order valence-electron chi connectivity index (χ4n) is 17.0. The van der Waals surface area contributed by atoms with Crippen LogP contribution in [0.1, 0.15) is 204 Å². The first kappa shape index (κ1) is 78.0. The minimum Gasteiger partial charge on any atom is -0.354 e. The van der Waals surface area contributed by atoms with Gasteiger partial charge in [-0.15, -0.1) is 0 Å². The zero-order valence-electron chi connectivity index (χ0n) is 72.2. The van der Waals surface area contributed by atoms with E-state index in [1.165, 1.54) is 33.4 Å². The van der Waals surface area contributed by atoms with Crippen LogP contribution in [0.25, 0.3) is 193 Å². The van der Waals surface area contributed by atoms with E-state index < -0.39 is 0 Å². The van der Waals surface area contributed by atoms with Gasteiger partial charge in [-0.3, -0.25) is 9.97 Å². The van der Waals surface area contributed by atoms with Crippen LogP contribution in [0.5, 0.6) is 0 Å². The molecule has 10 nitrogen and oxygen atoms in total. The molecule has 6 aromatic carbocycles. The van der Waals surface area contributed by atoms with Crippen LogP contribution in [0, 0.1) is 0 Å². The third-order valence-electron chi connectivity index (χ3n) is 24.1. The van der Waals surface area contributed by atoms with Gasteiger partial charge < -0.3 is 19.9 Å². The lowest BCUT2D eigenvalue weighted by molar-refractivity contribution is 0.590. The molecule has 14 aromatic rings. The Balaban J connectivity index is 0.814. The Kier molecular flexibility index (Phi) is 19.1. The highest BCUT2D eigenvalue weighted by molar-refractivity contribution is 6.03. The van der Waals surface area contributed by atoms with Gasteiger partial charge in [-0.2, -0.15) is 0 Å². The monoisotopic (exact) mass is 1560 g/mol. The fourth-order valence-corrected chi connectivity index (χ4v) is 17.0. The number of aromatic amines is 4. The second kappa shape index (κ2) is 29.4. The van der Waals surface area contributed by atoms with Crippen molar-refractivity contribution in [3.63, 3.8) is 0 Å². The Morgan fingerprint density at radius 3 is 0.442 bits per heavy atom. The summed E-state index contributed by atoms with van der Waals surface area (Å²) < 4.78 is 0. The highest BCUT2D eigenvalue weighted by Crippen LogP contribution is 2.45. The van der Waals surface area contributed by atoms with Crippen LogP contribution < -0.4 is 0 Å². The number of fused-ring (bicyclic) bond motifs is 16. The average Bonchev–Trinajstić information content (AvgIpc) is 1.61. The number of hydrogen-bond donors (Lipinski definition) is 4. The molecule has 0 saturated carbocycles. The van der Waals surface area contributed by atoms with E-state index in [0.717, 1.165) is 190 Å². The predicted molar refractivity (Wildman–Crippen MR) is 508 cm³/mol. The summed E-state index contributed by atoms with van der Waals surface area (Å²) in [4.78, 5) is 49.4. The fraction of sp³-hybridized carbons (Fsp3) is 0.218. The molecule has 0 aliphatic carbocycles. The topological polar surface area (TPSA) is 140 Å². The molecule has 8 aromatic heterocycles. The lowest BCUT2D eigenvalue weighted by Crippen LogP contribution is -2.10. The molecule has 0 amide bonds. The number of nitrogens with one attached hydrogen (secondary N) is 4. The molecular weight excluding hydrogens is 1460 g/mol. The second-order valence-electron chi connectivity index (χ2n) is 38.8. The van der Waals surface area contributed by atoms with Gasteiger partial charge in [-0.05, 0) is 209 Å². The molecule has 0 fully saturated rings. The maximum Gasteiger partial charge on any atom is 0.0886 e. The van der Waals surface area contributed by atoms with Crippen molar-refractivity contribution in [1.82, 2.24) is 49.8 Å². The summed E-state index contributed by atoms with van der Waals surface area (Å²) in [5.74, 6) is 0. The summed E-state index contributed by atoms with van der Waals surface area (Å²) in [6, 6.07) is 80.1. The molecule has 0 atom stereocenters. The summed E-state index contributed by atoms with van der Waals surface area (Å²) in [7, 11) is 0. The Labute approximate surface area is 705 Å². The van der Waals surface area contributed by atoms with Gasteiger partial charge >= 0.3 is 0 Å². The average molecular weight is 1570 g/mol. The van der Waals surface area contributed by atoms with Crippen LogP contribution in [0.4, 0.5) is 0 Å². The predicted octanol–water partition coefficient (Wildman–Crippen LogP) is 29.2. The quantitative estimate of drug-likeness (QED) is 0.113. The van der Waals surface area contributed by atoms with Gasteiger partial charge in [0.15, 0.2) is 0 Å². The Bertz CT molecular complexity index is 6360. The van der Waals surface area contributed by atoms with Crippen LogP contribution in [-0.4, -0.2) is 49.8 Å². The van der Waals surface area contributed by atoms with E-state index in [4.69, 9.17) is 29.9 Å². The van der Waals surface area contributed by atoms with Gasteiger partial charge in [0.2, 0.25) is 0 Å². The number of pyridine rings is 2. The van der Waals surface area contributed by atoms with E-state index in [-0.39, 0.29) is 32.5 Å². The van der Waals surface area contributed by atoms with Gasteiger partial charge in [0.05, 0.1) is 56.9 Å². The van der Waals surface area contributed by atoms with E-state index in [2.05, 4.69) is 412 Å². The molecule has 0 spiro atoms. The normalized spacial score (nSPS) is 13.1.